The summed E-state index contributed by atoms with van der Waals surface area (Å²) in [7, 11) is 2.05. The van der Waals surface area contributed by atoms with Gasteiger partial charge in [0, 0.05) is 20.1 Å². The smallest absolute Gasteiger partial charge is 0.150 e. The maximum atomic E-state index is 9.30. The summed E-state index contributed by atoms with van der Waals surface area (Å²) in [5.74, 6) is 1.58. The Balaban J connectivity index is 2.10. The van der Waals surface area contributed by atoms with Crippen LogP contribution in [0.2, 0.25) is 0 Å². The van der Waals surface area contributed by atoms with E-state index in [0.717, 1.165) is 43.1 Å². The highest BCUT2D eigenvalue weighted by atomic mass is 16.3. The van der Waals surface area contributed by atoms with Crippen molar-refractivity contribution in [1.29, 1.82) is 0 Å². The van der Waals surface area contributed by atoms with Gasteiger partial charge in [-0.15, -0.1) is 0 Å². The lowest BCUT2D eigenvalue weighted by molar-refractivity contribution is 0.0464. The van der Waals surface area contributed by atoms with Crippen LogP contribution in [0, 0.1) is 12.8 Å². The Hall–Kier alpha value is -1.23. The summed E-state index contributed by atoms with van der Waals surface area (Å²) >= 11 is 0. The monoisotopic (exact) mass is 238 g/mol. The van der Waals surface area contributed by atoms with Gasteiger partial charge in [-0.1, -0.05) is 0 Å². The van der Waals surface area contributed by atoms with E-state index >= 15 is 0 Å². The molecular weight excluding hydrogens is 216 g/mol. The first kappa shape index (κ1) is 12.2. The summed E-state index contributed by atoms with van der Waals surface area (Å²) < 4.78 is 1.94. The van der Waals surface area contributed by atoms with E-state index in [1.54, 1.807) is 0 Å². The summed E-state index contributed by atoms with van der Waals surface area (Å²) in [5.41, 5.74) is 7.73. The van der Waals surface area contributed by atoms with Crippen molar-refractivity contribution < 1.29 is 5.11 Å². The van der Waals surface area contributed by atoms with E-state index < -0.39 is 0 Å². The maximum Gasteiger partial charge on any atom is 0.150 e. The molecule has 0 unspecified atom stereocenters. The largest absolute Gasteiger partial charge is 0.394 e. The Bertz CT molecular complexity index is 395. The molecule has 0 radical (unpaired) electrons. The van der Waals surface area contributed by atoms with Gasteiger partial charge >= 0.3 is 0 Å². The molecule has 1 aliphatic rings. The number of hydrogen-bond donors (Lipinski definition) is 2. The number of aromatic nitrogens is 2. The first-order valence-electron chi connectivity index (χ1n) is 6.25. The molecule has 1 heterocycles. The second-order valence-electron chi connectivity index (χ2n) is 5.01. The van der Waals surface area contributed by atoms with Gasteiger partial charge in [-0.3, -0.25) is 0 Å². The van der Waals surface area contributed by atoms with Crippen molar-refractivity contribution in [2.75, 3.05) is 24.2 Å². The molecule has 1 aromatic rings. The van der Waals surface area contributed by atoms with Crippen molar-refractivity contribution in [2.24, 2.45) is 5.92 Å². The number of aliphatic hydroxyl groups excluding tert-OH is 1. The summed E-state index contributed by atoms with van der Waals surface area (Å²) in [6.45, 7) is 5.76. The zero-order chi connectivity index (χ0) is 12.6. The molecule has 1 fully saturated rings. The highest BCUT2D eigenvalue weighted by Crippen LogP contribution is 2.31. The molecule has 0 atom stereocenters. The Morgan fingerprint density at radius 2 is 2.18 bits per heavy atom. The lowest BCUT2D eigenvalue weighted by Gasteiger charge is -2.35. The number of nitrogens with zero attached hydrogens (tertiary/aromatic N) is 3. The van der Waals surface area contributed by atoms with Crippen LogP contribution in [-0.2, 0) is 6.54 Å². The molecule has 2 rings (SSSR count). The summed E-state index contributed by atoms with van der Waals surface area (Å²) in [5, 5.41) is 13.7. The Morgan fingerprint density at radius 1 is 1.53 bits per heavy atom. The Morgan fingerprint density at radius 3 is 2.71 bits per heavy atom. The lowest BCUT2D eigenvalue weighted by Crippen LogP contribution is -2.38. The van der Waals surface area contributed by atoms with Gasteiger partial charge in [-0.05, 0) is 32.6 Å². The minimum atomic E-state index is -0.0939. The van der Waals surface area contributed by atoms with Crippen molar-refractivity contribution in [1.82, 2.24) is 9.78 Å². The van der Waals surface area contributed by atoms with Crippen LogP contribution in [-0.4, -0.2) is 34.6 Å². The molecule has 1 aromatic heterocycles. The van der Waals surface area contributed by atoms with E-state index in [4.69, 9.17) is 5.73 Å². The number of nitrogens with two attached hydrogens (primary N) is 1. The fourth-order valence-corrected chi connectivity index (χ4v) is 2.53. The van der Waals surface area contributed by atoms with E-state index in [2.05, 4.69) is 16.9 Å². The SMILES string of the molecule is CCn1nc(C)c(N)c1N(C)CC1CC(O)C1. The van der Waals surface area contributed by atoms with Gasteiger partial charge < -0.3 is 15.7 Å². The van der Waals surface area contributed by atoms with Crippen LogP contribution in [0.5, 0.6) is 0 Å². The minimum Gasteiger partial charge on any atom is -0.394 e. The van der Waals surface area contributed by atoms with Crippen molar-refractivity contribution in [2.45, 2.75) is 39.3 Å². The number of anilines is 2. The fraction of sp³-hybridized carbons (Fsp3) is 0.750. The first-order valence-corrected chi connectivity index (χ1v) is 6.25. The van der Waals surface area contributed by atoms with Gasteiger partial charge in [-0.25, -0.2) is 4.68 Å². The van der Waals surface area contributed by atoms with Crippen LogP contribution in [0.1, 0.15) is 25.5 Å². The third-order valence-corrected chi connectivity index (χ3v) is 3.55. The molecule has 0 amide bonds. The second-order valence-corrected chi connectivity index (χ2v) is 5.01. The maximum absolute atomic E-state index is 9.30. The molecule has 96 valence electrons. The molecule has 1 aliphatic carbocycles. The zero-order valence-corrected chi connectivity index (χ0v) is 10.8. The number of nitrogen functional groups attached to an aromatic ring is 1. The first-order chi connectivity index (χ1) is 8.02. The lowest BCUT2D eigenvalue weighted by atomic mass is 9.82. The van der Waals surface area contributed by atoms with Crippen LogP contribution in [0.4, 0.5) is 11.5 Å². The van der Waals surface area contributed by atoms with Crippen LogP contribution < -0.4 is 10.6 Å². The molecular formula is C12H22N4O. The van der Waals surface area contributed by atoms with Gasteiger partial charge in [-0.2, -0.15) is 5.10 Å². The molecule has 5 nitrogen and oxygen atoms in total. The van der Waals surface area contributed by atoms with Gasteiger partial charge in [0.05, 0.1) is 17.5 Å². The molecule has 0 aromatic carbocycles. The molecule has 0 saturated heterocycles. The van der Waals surface area contributed by atoms with Gasteiger partial charge in [0.15, 0.2) is 0 Å². The zero-order valence-electron chi connectivity index (χ0n) is 10.8. The predicted octanol–water partition coefficient (Wildman–Crippen LogP) is 1.00. The molecule has 0 spiro atoms. The van der Waals surface area contributed by atoms with Crippen molar-refractivity contribution in [3.8, 4) is 0 Å². The number of aliphatic hydroxyl groups is 1. The summed E-state index contributed by atoms with van der Waals surface area (Å²) in [6.07, 6.45) is 1.72. The average Bonchev–Trinajstić information content (AvgIpc) is 2.52. The van der Waals surface area contributed by atoms with E-state index in [1.807, 2.05) is 18.7 Å². The molecule has 1 saturated carbocycles. The average molecular weight is 238 g/mol. The Kier molecular flexibility index (Phi) is 3.28. The van der Waals surface area contributed by atoms with Gasteiger partial charge in [0.1, 0.15) is 5.82 Å². The third kappa shape index (κ3) is 2.24. The second kappa shape index (κ2) is 4.56. The highest BCUT2D eigenvalue weighted by Gasteiger charge is 2.29. The standard InChI is InChI=1S/C12H22N4O/c1-4-16-12(11(13)8(2)14-16)15(3)7-9-5-10(17)6-9/h9-10,17H,4-7,13H2,1-3H3. The van der Waals surface area contributed by atoms with E-state index in [9.17, 15) is 5.11 Å². The molecule has 5 heteroatoms. The van der Waals surface area contributed by atoms with Crippen LogP contribution >= 0.6 is 0 Å². The molecule has 0 bridgehead atoms. The Labute approximate surface area is 102 Å². The third-order valence-electron chi connectivity index (χ3n) is 3.55. The number of rotatable bonds is 4. The van der Waals surface area contributed by atoms with E-state index in [0.29, 0.717) is 5.92 Å². The summed E-state index contributed by atoms with van der Waals surface area (Å²) in [4.78, 5) is 2.16. The van der Waals surface area contributed by atoms with Crippen LogP contribution in [0.3, 0.4) is 0 Å². The summed E-state index contributed by atoms with van der Waals surface area (Å²) in [6, 6.07) is 0. The van der Waals surface area contributed by atoms with Crippen molar-refractivity contribution in [3.05, 3.63) is 5.69 Å². The van der Waals surface area contributed by atoms with Gasteiger partial charge in [0.2, 0.25) is 0 Å². The molecule has 0 aliphatic heterocycles. The minimum absolute atomic E-state index is 0.0939. The molecule has 17 heavy (non-hydrogen) atoms. The van der Waals surface area contributed by atoms with Gasteiger partial charge in [0.25, 0.3) is 0 Å². The normalized spacial score (nSPS) is 23.5. The topological polar surface area (TPSA) is 67.3 Å². The number of aryl methyl sites for hydroxylation is 2. The highest BCUT2D eigenvalue weighted by molar-refractivity contribution is 5.65. The van der Waals surface area contributed by atoms with Crippen molar-refractivity contribution in [3.63, 3.8) is 0 Å². The van der Waals surface area contributed by atoms with Crippen molar-refractivity contribution >= 4 is 11.5 Å². The fourth-order valence-electron chi connectivity index (χ4n) is 2.53. The van der Waals surface area contributed by atoms with E-state index in [1.165, 1.54) is 0 Å². The predicted molar refractivity (Wildman–Crippen MR) is 69.1 cm³/mol. The number of hydrogen-bond acceptors (Lipinski definition) is 4. The van der Waals surface area contributed by atoms with E-state index in [-0.39, 0.29) is 6.10 Å². The van der Waals surface area contributed by atoms with Crippen LogP contribution in [0.25, 0.3) is 0 Å². The molecule has 3 N–H and O–H groups in total. The van der Waals surface area contributed by atoms with Crippen LogP contribution in [0.15, 0.2) is 0 Å². The quantitative estimate of drug-likeness (QED) is 0.821.